The number of ether oxygens (including phenoxy) is 1. The molecule has 0 radical (unpaired) electrons. The van der Waals surface area contributed by atoms with Crippen molar-refractivity contribution < 1.29 is 14.3 Å². The largest absolute Gasteiger partial charge is 0.489 e. The third-order valence-corrected chi connectivity index (χ3v) is 6.09. The lowest BCUT2D eigenvalue weighted by molar-refractivity contribution is 0.103. The quantitative estimate of drug-likeness (QED) is 0.309. The molecule has 0 fully saturated rings. The normalized spacial score (nSPS) is 10.6. The highest BCUT2D eigenvalue weighted by atomic mass is 35.5. The Bertz CT molecular complexity index is 1270. The molecule has 1 N–H and O–H groups in total. The summed E-state index contributed by atoms with van der Waals surface area (Å²) in [4.78, 5) is 26.4. The van der Waals surface area contributed by atoms with Crippen molar-refractivity contribution in [3.63, 3.8) is 0 Å². The average molecular weight is 462 g/mol. The lowest BCUT2D eigenvalue weighted by Crippen LogP contribution is -2.14. The summed E-state index contributed by atoms with van der Waals surface area (Å²) in [7, 11) is 0. The molecular weight excluding hydrogens is 442 g/mol. The number of benzene rings is 3. The van der Waals surface area contributed by atoms with Gasteiger partial charge in [-0.1, -0.05) is 60.1 Å². The maximum Gasteiger partial charge on any atom is 0.265 e. The summed E-state index contributed by atoms with van der Waals surface area (Å²) in [5.74, 6) is 0.318. The average Bonchev–Trinajstić information content (AvgIpc) is 3.29. The Labute approximate surface area is 195 Å². The summed E-state index contributed by atoms with van der Waals surface area (Å²) >= 11 is 7.45. The molecule has 0 saturated heterocycles. The van der Waals surface area contributed by atoms with E-state index in [1.54, 1.807) is 48.5 Å². The number of amides is 1. The maximum atomic E-state index is 13.0. The van der Waals surface area contributed by atoms with Gasteiger partial charge in [0, 0.05) is 21.7 Å². The highest BCUT2D eigenvalue weighted by Crippen LogP contribution is 2.26. The van der Waals surface area contributed by atoms with Gasteiger partial charge >= 0.3 is 0 Å². The van der Waals surface area contributed by atoms with Crippen LogP contribution < -0.4 is 10.1 Å². The van der Waals surface area contributed by atoms with Crippen molar-refractivity contribution in [2.45, 2.75) is 13.5 Å². The van der Waals surface area contributed by atoms with Crippen LogP contribution in [0.1, 0.15) is 36.7 Å². The molecule has 3 aromatic carbocycles. The summed E-state index contributed by atoms with van der Waals surface area (Å²) in [5.41, 5.74) is 3.24. The SMILES string of the molecule is Cc1ccccc1OCc1csc(C(=O)Nc2ccc(Cl)cc2C(=O)c2ccccc2)c1. The van der Waals surface area contributed by atoms with E-state index in [-0.39, 0.29) is 11.7 Å². The Kier molecular flexibility index (Phi) is 6.69. The molecule has 0 atom stereocenters. The highest BCUT2D eigenvalue weighted by molar-refractivity contribution is 7.12. The molecule has 0 aliphatic rings. The third kappa shape index (κ3) is 5.07. The van der Waals surface area contributed by atoms with E-state index >= 15 is 0 Å². The number of anilines is 1. The molecule has 0 spiro atoms. The number of nitrogens with one attached hydrogen (secondary N) is 1. The summed E-state index contributed by atoms with van der Waals surface area (Å²) < 4.78 is 5.86. The fourth-order valence-corrected chi connectivity index (χ4v) is 4.16. The number of hydrogen-bond acceptors (Lipinski definition) is 4. The zero-order chi connectivity index (χ0) is 22.5. The van der Waals surface area contributed by atoms with Crippen LogP contribution in [0.4, 0.5) is 5.69 Å². The number of aryl methyl sites for hydroxylation is 1. The minimum Gasteiger partial charge on any atom is -0.489 e. The zero-order valence-corrected chi connectivity index (χ0v) is 18.9. The fraction of sp³-hybridized carbons (Fsp3) is 0.0769. The van der Waals surface area contributed by atoms with Crippen LogP contribution in [0.25, 0.3) is 0 Å². The molecule has 0 bridgehead atoms. The number of halogens is 1. The second-order valence-electron chi connectivity index (χ2n) is 7.21. The van der Waals surface area contributed by atoms with Gasteiger partial charge < -0.3 is 10.1 Å². The minimum absolute atomic E-state index is 0.207. The number of para-hydroxylation sites is 1. The van der Waals surface area contributed by atoms with E-state index in [0.29, 0.717) is 33.3 Å². The fourth-order valence-electron chi connectivity index (χ4n) is 3.19. The first-order valence-electron chi connectivity index (χ1n) is 9.98. The number of thiophene rings is 1. The second kappa shape index (κ2) is 9.81. The molecule has 0 unspecified atom stereocenters. The number of ketones is 1. The molecule has 0 saturated carbocycles. The molecule has 6 heteroatoms. The number of hydrogen-bond donors (Lipinski definition) is 1. The lowest BCUT2D eigenvalue weighted by Gasteiger charge is -2.11. The summed E-state index contributed by atoms with van der Waals surface area (Å²) in [5, 5.41) is 5.17. The first-order valence-corrected chi connectivity index (χ1v) is 11.2. The molecule has 0 aliphatic carbocycles. The zero-order valence-electron chi connectivity index (χ0n) is 17.3. The van der Waals surface area contributed by atoms with E-state index in [9.17, 15) is 9.59 Å². The monoisotopic (exact) mass is 461 g/mol. The van der Waals surface area contributed by atoms with E-state index in [0.717, 1.165) is 16.9 Å². The first kappa shape index (κ1) is 21.8. The standard InChI is InChI=1S/C26H20ClNO3S/c1-17-7-5-6-10-23(17)31-15-18-13-24(32-16-18)26(30)28-22-12-11-20(27)14-21(22)25(29)19-8-3-2-4-9-19/h2-14,16H,15H2,1H3,(H,28,30). The lowest BCUT2D eigenvalue weighted by atomic mass is 10.0. The summed E-state index contributed by atoms with van der Waals surface area (Å²) in [6.45, 7) is 2.36. The van der Waals surface area contributed by atoms with Crippen molar-refractivity contribution in [3.05, 3.63) is 116 Å². The van der Waals surface area contributed by atoms with Crippen molar-refractivity contribution in [2.24, 2.45) is 0 Å². The number of rotatable bonds is 7. The molecule has 4 nitrogen and oxygen atoms in total. The van der Waals surface area contributed by atoms with Gasteiger partial charge in [-0.05, 0) is 48.2 Å². The van der Waals surface area contributed by atoms with E-state index in [4.69, 9.17) is 16.3 Å². The number of carbonyl (C=O) groups excluding carboxylic acids is 2. The van der Waals surface area contributed by atoms with Crippen LogP contribution in [0.2, 0.25) is 5.02 Å². The Hall–Kier alpha value is -3.41. The van der Waals surface area contributed by atoms with Crippen LogP contribution in [0.15, 0.2) is 84.2 Å². The van der Waals surface area contributed by atoms with Gasteiger partial charge in [-0.15, -0.1) is 11.3 Å². The van der Waals surface area contributed by atoms with E-state index in [1.807, 2.05) is 42.6 Å². The molecule has 4 aromatic rings. The molecule has 160 valence electrons. The number of carbonyl (C=O) groups is 2. The molecule has 1 amide bonds. The van der Waals surface area contributed by atoms with Crippen LogP contribution in [0, 0.1) is 6.92 Å². The van der Waals surface area contributed by atoms with Crippen LogP contribution in [0.3, 0.4) is 0 Å². The Balaban J connectivity index is 1.49. The van der Waals surface area contributed by atoms with Crippen molar-refractivity contribution in [3.8, 4) is 5.75 Å². The molecule has 4 rings (SSSR count). The van der Waals surface area contributed by atoms with Crippen LogP contribution in [-0.4, -0.2) is 11.7 Å². The van der Waals surface area contributed by atoms with Crippen LogP contribution >= 0.6 is 22.9 Å². The van der Waals surface area contributed by atoms with Crippen molar-refractivity contribution in [1.29, 1.82) is 0 Å². The van der Waals surface area contributed by atoms with Gasteiger partial charge in [0.2, 0.25) is 0 Å². The molecular formula is C26H20ClNO3S. The molecule has 1 aromatic heterocycles. The molecule has 32 heavy (non-hydrogen) atoms. The maximum absolute atomic E-state index is 13.0. The minimum atomic E-state index is -0.290. The first-order chi connectivity index (χ1) is 15.5. The highest BCUT2D eigenvalue weighted by Gasteiger charge is 2.17. The van der Waals surface area contributed by atoms with Crippen LogP contribution in [-0.2, 0) is 6.61 Å². The van der Waals surface area contributed by atoms with Gasteiger partial charge in [0.05, 0.1) is 10.6 Å². The van der Waals surface area contributed by atoms with Gasteiger partial charge in [0.15, 0.2) is 5.78 Å². The smallest absolute Gasteiger partial charge is 0.265 e. The predicted octanol–water partition coefficient (Wildman–Crippen LogP) is 6.77. The topological polar surface area (TPSA) is 55.4 Å². The van der Waals surface area contributed by atoms with Crippen LogP contribution in [0.5, 0.6) is 5.75 Å². The second-order valence-corrected chi connectivity index (χ2v) is 8.56. The third-order valence-electron chi connectivity index (χ3n) is 4.88. The van der Waals surface area contributed by atoms with Gasteiger partial charge in [0.1, 0.15) is 12.4 Å². The Morgan fingerprint density at radius 1 is 0.969 bits per heavy atom. The molecule has 0 aliphatic heterocycles. The van der Waals surface area contributed by atoms with Crippen molar-refractivity contribution in [1.82, 2.24) is 0 Å². The van der Waals surface area contributed by atoms with Gasteiger partial charge in [-0.2, -0.15) is 0 Å². The van der Waals surface area contributed by atoms with Gasteiger partial charge in [-0.25, -0.2) is 0 Å². The molecule has 1 heterocycles. The summed E-state index contributed by atoms with van der Waals surface area (Å²) in [6.07, 6.45) is 0. The van der Waals surface area contributed by atoms with E-state index in [1.165, 1.54) is 11.3 Å². The predicted molar refractivity (Wildman–Crippen MR) is 129 cm³/mol. The summed E-state index contributed by atoms with van der Waals surface area (Å²) in [6, 6.07) is 23.3. The van der Waals surface area contributed by atoms with Crippen molar-refractivity contribution >= 4 is 40.3 Å². The van der Waals surface area contributed by atoms with Crippen molar-refractivity contribution in [2.75, 3.05) is 5.32 Å². The Morgan fingerprint density at radius 2 is 1.72 bits per heavy atom. The Morgan fingerprint density at radius 3 is 2.50 bits per heavy atom. The van der Waals surface area contributed by atoms with E-state index in [2.05, 4.69) is 5.32 Å². The van der Waals surface area contributed by atoms with Gasteiger partial charge in [0.25, 0.3) is 5.91 Å². The van der Waals surface area contributed by atoms with E-state index < -0.39 is 0 Å². The van der Waals surface area contributed by atoms with Gasteiger partial charge in [-0.3, -0.25) is 9.59 Å².